The number of hydrogen-bond donors (Lipinski definition) is 3. The Bertz CT molecular complexity index is 1620. The Hall–Kier alpha value is -4.35. The topological polar surface area (TPSA) is 103 Å². The van der Waals surface area contributed by atoms with Gasteiger partial charge in [0, 0.05) is 68.1 Å². The molecule has 2 fully saturated rings. The summed E-state index contributed by atoms with van der Waals surface area (Å²) in [6.07, 6.45) is 1.89. The normalized spacial score (nSPS) is 16.4. The van der Waals surface area contributed by atoms with E-state index in [0.717, 1.165) is 37.6 Å². The number of amides is 2. The van der Waals surface area contributed by atoms with E-state index < -0.39 is 11.6 Å². The van der Waals surface area contributed by atoms with E-state index in [0.29, 0.717) is 71.8 Å². The van der Waals surface area contributed by atoms with Crippen LogP contribution in [-0.2, 0) is 11.2 Å². The van der Waals surface area contributed by atoms with Gasteiger partial charge in [0.15, 0.2) is 5.82 Å². The van der Waals surface area contributed by atoms with Crippen LogP contribution in [0.5, 0.6) is 0 Å². The highest BCUT2D eigenvalue weighted by atomic mass is 19.1. The number of likely N-dealkylation sites (N-methyl/N-ethyl adjacent to an activating group) is 1. The lowest BCUT2D eigenvalue weighted by Crippen LogP contribution is -2.47. The van der Waals surface area contributed by atoms with Gasteiger partial charge in [0.1, 0.15) is 11.6 Å². The zero-order valence-electron chi connectivity index (χ0n) is 24.0. The van der Waals surface area contributed by atoms with Crippen molar-refractivity contribution in [2.75, 3.05) is 57.1 Å². The van der Waals surface area contributed by atoms with Crippen LogP contribution in [0.4, 0.5) is 20.3 Å². The van der Waals surface area contributed by atoms with Crippen molar-refractivity contribution in [2.45, 2.75) is 25.3 Å². The number of aromatic amines is 1. The second-order valence-electron chi connectivity index (χ2n) is 11.2. The van der Waals surface area contributed by atoms with Crippen molar-refractivity contribution < 1.29 is 23.1 Å². The van der Waals surface area contributed by atoms with E-state index in [2.05, 4.69) is 25.7 Å². The van der Waals surface area contributed by atoms with Gasteiger partial charge in [0.2, 0.25) is 0 Å². The summed E-state index contributed by atoms with van der Waals surface area (Å²) in [4.78, 5) is 31.1. The first-order valence-electron chi connectivity index (χ1n) is 14.5. The third kappa shape index (κ3) is 6.68. The quantitative estimate of drug-likeness (QED) is 0.290. The predicted molar refractivity (Wildman–Crippen MR) is 161 cm³/mol. The summed E-state index contributed by atoms with van der Waals surface area (Å²) < 4.78 is 33.0. The number of hydrogen-bond acceptors (Lipinski definition) is 6. The van der Waals surface area contributed by atoms with Gasteiger partial charge in [-0.3, -0.25) is 14.7 Å². The number of ether oxygens (including phenoxy) is 1. The summed E-state index contributed by atoms with van der Waals surface area (Å²) in [5.41, 5.74) is 3.52. The maximum absolute atomic E-state index is 13.7. The van der Waals surface area contributed by atoms with Crippen LogP contribution < -0.4 is 10.6 Å². The smallest absolute Gasteiger partial charge is 0.258 e. The van der Waals surface area contributed by atoms with Crippen molar-refractivity contribution in [3.63, 3.8) is 0 Å². The molecule has 2 saturated heterocycles. The molecule has 0 bridgehead atoms. The van der Waals surface area contributed by atoms with Gasteiger partial charge in [0.05, 0.1) is 11.1 Å². The monoisotopic (exact) mass is 588 g/mol. The van der Waals surface area contributed by atoms with Crippen LogP contribution in [0.25, 0.3) is 10.9 Å². The molecule has 0 atom stereocenters. The Morgan fingerprint density at radius 3 is 2.44 bits per heavy atom. The summed E-state index contributed by atoms with van der Waals surface area (Å²) in [7, 11) is 2.04. The van der Waals surface area contributed by atoms with Gasteiger partial charge in [-0.25, -0.2) is 8.78 Å². The van der Waals surface area contributed by atoms with E-state index in [4.69, 9.17) is 4.74 Å². The lowest BCUT2D eigenvalue weighted by molar-refractivity contribution is 0.0663. The number of aromatic nitrogens is 2. The number of halogens is 2. The Morgan fingerprint density at radius 1 is 0.953 bits per heavy atom. The molecule has 0 aliphatic carbocycles. The molecule has 2 aliphatic heterocycles. The van der Waals surface area contributed by atoms with Crippen LogP contribution in [-0.4, -0.2) is 84.3 Å². The number of benzene rings is 3. The summed E-state index contributed by atoms with van der Waals surface area (Å²) >= 11 is 0. The van der Waals surface area contributed by atoms with Crippen LogP contribution in [0, 0.1) is 11.6 Å². The van der Waals surface area contributed by atoms with Crippen molar-refractivity contribution in [3.8, 4) is 0 Å². The lowest BCUT2D eigenvalue weighted by atomic mass is 10.0. The molecule has 1 aromatic heterocycles. The molecule has 3 aromatic carbocycles. The molecule has 224 valence electrons. The lowest BCUT2D eigenvalue weighted by Gasteiger charge is -2.32. The second kappa shape index (κ2) is 12.5. The van der Waals surface area contributed by atoms with Crippen LogP contribution in [0.3, 0.4) is 0 Å². The second-order valence-corrected chi connectivity index (χ2v) is 11.2. The third-order valence-corrected chi connectivity index (χ3v) is 8.07. The largest absolute Gasteiger partial charge is 0.381 e. The molecule has 2 amide bonds. The number of nitrogens with zero attached hydrogens (tertiary/aromatic N) is 3. The first-order valence-corrected chi connectivity index (χ1v) is 14.5. The fourth-order valence-electron chi connectivity index (χ4n) is 5.64. The number of rotatable bonds is 7. The fourth-order valence-corrected chi connectivity index (χ4v) is 5.64. The van der Waals surface area contributed by atoms with Gasteiger partial charge in [0.25, 0.3) is 11.8 Å². The van der Waals surface area contributed by atoms with Crippen molar-refractivity contribution >= 4 is 34.2 Å². The number of anilines is 2. The molecule has 9 nitrogen and oxygen atoms in total. The summed E-state index contributed by atoms with van der Waals surface area (Å²) in [6.45, 7) is 4.20. The molecular weight excluding hydrogens is 554 g/mol. The minimum atomic E-state index is -0.631. The first kappa shape index (κ1) is 28.8. The highest BCUT2D eigenvalue weighted by molar-refractivity contribution is 6.11. The summed E-state index contributed by atoms with van der Waals surface area (Å²) in [5, 5.41) is 14.3. The molecule has 11 heteroatoms. The fraction of sp³-hybridized carbons (Fsp3) is 0.344. The van der Waals surface area contributed by atoms with E-state index >= 15 is 0 Å². The maximum Gasteiger partial charge on any atom is 0.258 e. The standard InChI is InChI=1S/C32H34F2N6O3/c1-39-8-10-40(11-9-39)32(42)22-3-4-26(29(18-22)35-25-6-12-43-13-7-25)31(41)36-30-27-17-20(2-5-28(27)37-38-30)14-21-15-23(33)19-24(34)16-21/h2-5,15-19,25,35H,6-14H2,1H3,(H2,36,37,38,41). The third-order valence-electron chi connectivity index (χ3n) is 8.07. The number of H-pyrrole nitrogens is 1. The van der Waals surface area contributed by atoms with Gasteiger partial charge < -0.3 is 25.2 Å². The van der Waals surface area contributed by atoms with Gasteiger partial charge in [-0.2, -0.15) is 5.10 Å². The highest BCUT2D eigenvalue weighted by Crippen LogP contribution is 2.27. The van der Waals surface area contributed by atoms with E-state index in [-0.39, 0.29) is 17.9 Å². The molecule has 3 N–H and O–H groups in total. The predicted octanol–water partition coefficient (Wildman–Crippen LogP) is 4.66. The SMILES string of the molecule is CN1CCN(C(=O)c2ccc(C(=O)Nc3n[nH]c4ccc(Cc5cc(F)cc(F)c5)cc34)c(NC3CCOCC3)c2)CC1. The molecule has 3 heterocycles. The van der Waals surface area contributed by atoms with Crippen LogP contribution in [0.1, 0.15) is 44.7 Å². The number of fused-ring (bicyclic) bond motifs is 1. The Morgan fingerprint density at radius 2 is 1.70 bits per heavy atom. The maximum atomic E-state index is 13.7. The minimum absolute atomic E-state index is 0.0564. The van der Waals surface area contributed by atoms with Crippen molar-refractivity contribution in [3.05, 3.63) is 88.5 Å². The average Bonchev–Trinajstić information content (AvgIpc) is 3.38. The molecule has 4 aromatic rings. The number of piperazine rings is 1. The van der Waals surface area contributed by atoms with Crippen LogP contribution in [0.15, 0.2) is 54.6 Å². The highest BCUT2D eigenvalue weighted by Gasteiger charge is 2.24. The zero-order chi connectivity index (χ0) is 29.9. The Kier molecular flexibility index (Phi) is 8.35. The molecule has 0 spiro atoms. The van der Waals surface area contributed by atoms with Gasteiger partial charge >= 0.3 is 0 Å². The van der Waals surface area contributed by atoms with E-state index in [9.17, 15) is 18.4 Å². The van der Waals surface area contributed by atoms with E-state index in [1.165, 1.54) is 12.1 Å². The molecule has 0 radical (unpaired) electrons. The molecule has 2 aliphatic rings. The summed E-state index contributed by atoms with van der Waals surface area (Å²) in [5.74, 6) is -1.36. The van der Waals surface area contributed by atoms with Gasteiger partial charge in [-0.15, -0.1) is 0 Å². The van der Waals surface area contributed by atoms with Crippen LogP contribution in [0.2, 0.25) is 0 Å². The summed E-state index contributed by atoms with van der Waals surface area (Å²) in [6, 6.07) is 14.2. The van der Waals surface area contributed by atoms with Crippen LogP contribution >= 0.6 is 0 Å². The van der Waals surface area contributed by atoms with Crippen molar-refractivity contribution in [1.29, 1.82) is 0 Å². The number of nitrogens with one attached hydrogen (secondary N) is 3. The van der Waals surface area contributed by atoms with Gasteiger partial charge in [-0.1, -0.05) is 6.07 Å². The van der Waals surface area contributed by atoms with E-state index in [1.54, 1.807) is 18.2 Å². The molecule has 43 heavy (non-hydrogen) atoms. The molecule has 6 rings (SSSR count). The first-order chi connectivity index (χ1) is 20.8. The van der Waals surface area contributed by atoms with Crippen molar-refractivity contribution in [1.82, 2.24) is 20.0 Å². The van der Waals surface area contributed by atoms with Gasteiger partial charge in [-0.05, 0) is 79.9 Å². The van der Waals surface area contributed by atoms with Crippen molar-refractivity contribution in [2.24, 2.45) is 0 Å². The number of carbonyl (C=O) groups excluding carboxylic acids is 2. The minimum Gasteiger partial charge on any atom is -0.381 e. The molecule has 0 saturated carbocycles. The Labute approximate surface area is 248 Å². The van der Waals surface area contributed by atoms with E-state index in [1.807, 2.05) is 30.1 Å². The molecular formula is C32H34F2N6O3. The Balaban J connectivity index is 1.25. The molecule has 0 unspecified atom stereocenters. The average molecular weight is 589 g/mol. The zero-order valence-corrected chi connectivity index (χ0v) is 24.0. The number of carbonyl (C=O) groups is 2.